The van der Waals surface area contributed by atoms with Crippen molar-refractivity contribution in [2.75, 3.05) is 31.7 Å². The number of hydrogen-bond donors (Lipinski definition) is 2. The number of likely N-dealkylation sites (tertiary alicyclic amines) is 1. The molecular weight excluding hydrogens is 520 g/mol. The van der Waals surface area contributed by atoms with Crippen LogP contribution in [0.1, 0.15) is 83.0 Å². The molecule has 41 heavy (non-hydrogen) atoms. The number of hydrogen-bond acceptors (Lipinski definition) is 5. The van der Waals surface area contributed by atoms with Crippen molar-refractivity contribution in [2.45, 2.75) is 84.2 Å². The molecule has 2 bridgehead atoms. The molecule has 1 aromatic carbocycles. The van der Waals surface area contributed by atoms with Gasteiger partial charge in [-0.2, -0.15) is 0 Å². The van der Waals surface area contributed by atoms with Gasteiger partial charge < -0.3 is 25.1 Å². The number of carbonyl (C=O) groups excluding carboxylic acids is 3. The molecule has 0 radical (unpaired) electrons. The second-order valence-corrected chi connectivity index (χ2v) is 14.0. The highest BCUT2D eigenvalue weighted by Gasteiger charge is 2.54. The number of benzene rings is 1. The van der Waals surface area contributed by atoms with E-state index in [1.165, 1.54) is 19.3 Å². The summed E-state index contributed by atoms with van der Waals surface area (Å²) in [5, 5.41) is 12.5. The van der Waals surface area contributed by atoms with Crippen LogP contribution in [0.25, 0.3) is 0 Å². The molecule has 3 amide bonds. The quantitative estimate of drug-likeness (QED) is 0.539. The van der Waals surface area contributed by atoms with Crippen molar-refractivity contribution >= 4 is 29.4 Å². The van der Waals surface area contributed by atoms with Crippen LogP contribution in [-0.4, -0.2) is 77.0 Å². The van der Waals surface area contributed by atoms with E-state index in [1.54, 1.807) is 36.2 Å². The fourth-order valence-corrected chi connectivity index (χ4v) is 8.38. The van der Waals surface area contributed by atoms with Crippen molar-refractivity contribution < 1.29 is 24.3 Å². The normalized spacial score (nSPS) is 30.0. The molecule has 9 nitrogen and oxygen atoms in total. The summed E-state index contributed by atoms with van der Waals surface area (Å²) < 4.78 is 0. The van der Waals surface area contributed by atoms with E-state index in [-0.39, 0.29) is 29.2 Å². The van der Waals surface area contributed by atoms with Crippen LogP contribution in [0.15, 0.2) is 24.3 Å². The van der Waals surface area contributed by atoms with Crippen LogP contribution >= 0.6 is 0 Å². The largest absolute Gasteiger partial charge is 0.478 e. The lowest BCUT2D eigenvalue weighted by Crippen LogP contribution is -2.61. The summed E-state index contributed by atoms with van der Waals surface area (Å²) in [7, 11) is 1.78. The fourth-order valence-electron chi connectivity index (χ4n) is 8.38. The third-order valence-corrected chi connectivity index (χ3v) is 10.3. The van der Waals surface area contributed by atoms with E-state index in [4.69, 9.17) is 0 Å². The standard InChI is InChI=1S/C32H46N4O5/c1-20(2)26(33-29(40)31(4)17-22-14-21(3)15-23(16-22)18-31)27(37)35-12-10-32(11-13-35)30(41)34(5)19-36(32)25-8-6-24(7-9-25)28(38)39/h6-9,20-23,26H,10-19H2,1-5H3,(H,33,40)(H,38,39). The van der Waals surface area contributed by atoms with Gasteiger partial charge in [-0.15, -0.1) is 0 Å². The number of aromatic carboxylic acids is 1. The fraction of sp³-hybridized carbons (Fsp3) is 0.688. The van der Waals surface area contributed by atoms with E-state index in [2.05, 4.69) is 19.2 Å². The zero-order valence-corrected chi connectivity index (χ0v) is 25.2. The van der Waals surface area contributed by atoms with E-state index in [1.807, 2.05) is 23.6 Å². The lowest BCUT2D eigenvalue weighted by molar-refractivity contribution is -0.144. The first-order chi connectivity index (χ1) is 19.3. The number of likely N-dealkylation sites (N-methyl/N-ethyl adjacent to an activating group) is 1. The van der Waals surface area contributed by atoms with Crippen molar-refractivity contribution in [1.29, 1.82) is 0 Å². The molecule has 2 N–H and O–H groups in total. The molecular formula is C32H46N4O5. The summed E-state index contributed by atoms with van der Waals surface area (Å²) in [6.45, 7) is 9.61. The van der Waals surface area contributed by atoms with Crippen LogP contribution < -0.4 is 10.2 Å². The van der Waals surface area contributed by atoms with E-state index in [9.17, 15) is 24.3 Å². The highest BCUT2D eigenvalue weighted by molar-refractivity contribution is 5.95. The number of piperidine rings is 1. The van der Waals surface area contributed by atoms with Crippen molar-refractivity contribution in [3.05, 3.63) is 29.8 Å². The van der Waals surface area contributed by atoms with Crippen LogP contribution in [0.5, 0.6) is 0 Å². The van der Waals surface area contributed by atoms with Gasteiger partial charge in [0.05, 0.1) is 12.2 Å². The van der Waals surface area contributed by atoms with Crippen LogP contribution in [0, 0.1) is 29.1 Å². The molecule has 2 aliphatic carbocycles. The van der Waals surface area contributed by atoms with E-state index in [0.29, 0.717) is 44.4 Å². The van der Waals surface area contributed by atoms with Crippen molar-refractivity contribution in [1.82, 2.24) is 15.1 Å². The third kappa shape index (κ3) is 5.44. The molecule has 2 aliphatic heterocycles. The summed E-state index contributed by atoms with van der Waals surface area (Å²) in [6.07, 6.45) is 6.34. The number of fused-ring (bicyclic) bond motifs is 2. The molecule has 5 rings (SSSR count). The average Bonchev–Trinajstić information content (AvgIpc) is 3.15. The maximum atomic E-state index is 13.9. The second-order valence-electron chi connectivity index (χ2n) is 14.0. The van der Waals surface area contributed by atoms with Crippen LogP contribution in [0.2, 0.25) is 0 Å². The Hall–Kier alpha value is -3.10. The molecule has 0 aromatic heterocycles. The number of carboxylic acid groups (broad SMARTS) is 1. The summed E-state index contributed by atoms with van der Waals surface area (Å²) in [6, 6.07) is 6.02. The summed E-state index contributed by atoms with van der Waals surface area (Å²) in [5.74, 6) is 0.802. The number of anilines is 1. The van der Waals surface area contributed by atoms with Gasteiger partial charge in [0.2, 0.25) is 17.7 Å². The van der Waals surface area contributed by atoms with E-state index in [0.717, 1.165) is 24.4 Å². The Morgan fingerprint density at radius 3 is 2.12 bits per heavy atom. The van der Waals surface area contributed by atoms with Crippen molar-refractivity contribution in [3.8, 4) is 0 Å². The monoisotopic (exact) mass is 566 g/mol. The molecule has 1 spiro atoms. The minimum atomic E-state index is -0.991. The number of amides is 3. The minimum absolute atomic E-state index is 0.00543. The van der Waals surface area contributed by atoms with Gasteiger partial charge in [0.15, 0.2) is 0 Å². The van der Waals surface area contributed by atoms with Gasteiger partial charge in [-0.05, 0) is 92.9 Å². The van der Waals surface area contributed by atoms with Crippen molar-refractivity contribution in [3.63, 3.8) is 0 Å². The zero-order chi connectivity index (χ0) is 29.7. The molecule has 2 heterocycles. The molecule has 3 atom stereocenters. The van der Waals surface area contributed by atoms with Crippen LogP contribution in [0.3, 0.4) is 0 Å². The van der Waals surface area contributed by atoms with Gasteiger partial charge in [-0.3, -0.25) is 14.4 Å². The smallest absolute Gasteiger partial charge is 0.335 e. The maximum absolute atomic E-state index is 13.9. The summed E-state index contributed by atoms with van der Waals surface area (Å²) >= 11 is 0. The van der Waals surface area contributed by atoms with Gasteiger partial charge in [-0.1, -0.05) is 27.7 Å². The molecule has 4 fully saturated rings. The van der Waals surface area contributed by atoms with Gasteiger partial charge in [0.25, 0.3) is 0 Å². The molecule has 224 valence electrons. The Morgan fingerprint density at radius 2 is 1.59 bits per heavy atom. The number of rotatable bonds is 6. The van der Waals surface area contributed by atoms with E-state index >= 15 is 0 Å². The first-order valence-corrected chi connectivity index (χ1v) is 15.3. The average molecular weight is 567 g/mol. The molecule has 2 saturated carbocycles. The summed E-state index contributed by atoms with van der Waals surface area (Å²) in [4.78, 5) is 57.9. The second kappa shape index (κ2) is 11.0. The molecule has 9 heteroatoms. The first kappa shape index (κ1) is 29.4. The topological polar surface area (TPSA) is 110 Å². The number of nitrogens with one attached hydrogen (secondary N) is 1. The predicted molar refractivity (Wildman–Crippen MR) is 156 cm³/mol. The Kier molecular flexibility index (Phi) is 7.85. The van der Waals surface area contributed by atoms with Gasteiger partial charge in [-0.25, -0.2) is 4.79 Å². The SMILES string of the molecule is CC1CC2CC(C1)CC(C)(C(=O)NC(C(=O)N1CCC3(CC1)C(=O)N(C)CN3c1ccc(C(=O)O)cc1)C(C)C)C2. The van der Waals surface area contributed by atoms with Gasteiger partial charge in [0.1, 0.15) is 11.6 Å². The first-order valence-electron chi connectivity index (χ1n) is 15.3. The Bertz CT molecular complexity index is 1170. The van der Waals surface area contributed by atoms with E-state index < -0.39 is 23.0 Å². The number of nitrogens with zero attached hydrogens (tertiary/aromatic N) is 3. The van der Waals surface area contributed by atoms with Gasteiger partial charge >= 0.3 is 5.97 Å². The number of carbonyl (C=O) groups is 4. The Balaban J connectivity index is 1.27. The number of carboxylic acids is 1. The lowest BCUT2D eigenvalue weighted by atomic mass is 9.59. The summed E-state index contributed by atoms with van der Waals surface area (Å²) in [5.41, 5.74) is -0.231. The van der Waals surface area contributed by atoms with Gasteiger partial charge in [0, 0.05) is 31.2 Å². The Morgan fingerprint density at radius 1 is 1.00 bits per heavy atom. The molecule has 1 aromatic rings. The molecule has 4 aliphatic rings. The van der Waals surface area contributed by atoms with Crippen molar-refractivity contribution in [2.24, 2.45) is 29.1 Å². The molecule has 3 unspecified atom stereocenters. The minimum Gasteiger partial charge on any atom is -0.478 e. The Labute approximate surface area is 243 Å². The molecule has 2 saturated heterocycles. The highest BCUT2D eigenvalue weighted by Crippen LogP contribution is 2.50. The lowest BCUT2D eigenvalue weighted by Gasteiger charge is -2.47. The van der Waals surface area contributed by atoms with Crippen LogP contribution in [-0.2, 0) is 14.4 Å². The maximum Gasteiger partial charge on any atom is 0.335 e. The predicted octanol–water partition coefficient (Wildman–Crippen LogP) is 3.98. The zero-order valence-electron chi connectivity index (χ0n) is 25.2. The third-order valence-electron chi connectivity index (χ3n) is 10.3. The van der Waals surface area contributed by atoms with Crippen LogP contribution in [0.4, 0.5) is 5.69 Å². The highest BCUT2D eigenvalue weighted by atomic mass is 16.4.